The normalized spacial score (nSPS) is 14.0. The van der Waals surface area contributed by atoms with Crippen molar-refractivity contribution in [2.24, 2.45) is 0 Å². The molecule has 1 amide bonds. The highest BCUT2D eigenvalue weighted by molar-refractivity contribution is 5.86. The van der Waals surface area contributed by atoms with E-state index in [2.05, 4.69) is 4.98 Å². The second-order valence-electron chi connectivity index (χ2n) is 6.14. The lowest BCUT2D eigenvalue weighted by Gasteiger charge is -2.27. The molecule has 0 saturated heterocycles. The fraction of sp³-hybridized carbons (Fsp3) is 0.211. The van der Waals surface area contributed by atoms with Crippen LogP contribution in [0.25, 0.3) is 10.9 Å². The van der Waals surface area contributed by atoms with Crippen LogP contribution in [0.1, 0.15) is 16.8 Å². The predicted octanol–water partition coefficient (Wildman–Crippen LogP) is 3.57. The first-order valence-corrected chi connectivity index (χ1v) is 7.91. The summed E-state index contributed by atoms with van der Waals surface area (Å²) in [6, 6.07) is 10.8. The highest BCUT2D eigenvalue weighted by atomic mass is 19.1. The fourth-order valence-electron chi connectivity index (χ4n) is 3.34. The average Bonchev–Trinajstić information content (AvgIpc) is 2.91. The Labute approximate surface area is 137 Å². The number of amides is 1. The Balaban J connectivity index is 1.57. The minimum Gasteiger partial charge on any atom is -0.358 e. The molecule has 0 fully saturated rings. The van der Waals surface area contributed by atoms with E-state index < -0.39 is 0 Å². The molecule has 3 nitrogen and oxygen atoms in total. The van der Waals surface area contributed by atoms with E-state index in [0.29, 0.717) is 25.1 Å². The van der Waals surface area contributed by atoms with Gasteiger partial charge in [-0.05, 0) is 35.9 Å². The molecule has 0 atom stereocenters. The first-order chi connectivity index (χ1) is 11.6. The zero-order valence-electron chi connectivity index (χ0n) is 13.0. The summed E-state index contributed by atoms with van der Waals surface area (Å²) in [4.78, 5) is 17.6. The molecular formula is C19H16F2N2O. The van der Waals surface area contributed by atoms with E-state index >= 15 is 0 Å². The predicted molar refractivity (Wildman–Crippen MR) is 87.5 cm³/mol. The summed E-state index contributed by atoms with van der Waals surface area (Å²) in [6.07, 6.45) is 0.893. The lowest BCUT2D eigenvalue weighted by Crippen LogP contribution is -2.36. The maximum Gasteiger partial charge on any atom is 0.227 e. The number of benzene rings is 2. The zero-order chi connectivity index (χ0) is 16.7. The Morgan fingerprint density at radius 2 is 1.96 bits per heavy atom. The third-order valence-corrected chi connectivity index (χ3v) is 4.53. The molecule has 1 aliphatic heterocycles. The van der Waals surface area contributed by atoms with E-state index in [4.69, 9.17) is 0 Å². The van der Waals surface area contributed by atoms with E-state index in [-0.39, 0.29) is 24.0 Å². The number of hydrogen-bond donors (Lipinski definition) is 1. The number of H-pyrrole nitrogens is 1. The minimum atomic E-state index is -0.333. The van der Waals surface area contributed by atoms with Crippen LogP contribution in [0.5, 0.6) is 0 Å². The van der Waals surface area contributed by atoms with E-state index in [1.165, 1.54) is 24.3 Å². The fourth-order valence-corrected chi connectivity index (χ4v) is 3.34. The summed E-state index contributed by atoms with van der Waals surface area (Å²) in [6.45, 7) is 1.10. The van der Waals surface area contributed by atoms with Crippen molar-refractivity contribution in [3.05, 3.63) is 70.9 Å². The maximum absolute atomic E-state index is 13.4. The van der Waals surface area contributed by atoms with E-state index in [1.807, 2.05) is 0 Å². The number of carbonyl (C=O) groups is 1. The van der Waals surface area contributed by atoms with Crippen LogP contribution in [0.4, 0.5) is 8.78 Å². The molecule has 0 unspecified atom stereocenters. The number of aromatic amines is 1. The number of nitrogens with one attached hydrogen (secondary N) is 1. The van der Waals surface area contributed by atoms with E-state index in [1.54, 1.807) is 23.1 Å². The van der Waals surface area contributed by atoms with Crippen molar-refractivity contribution in [2.75, 3.05) is 6.54 Å². The van der Waals surface area contributed by atoms with Crippen LogP contribution in [-0.4, -0.2) is 22.3 Å². The summed E-state index contributed by atoms with van der Waals surface area (Å²) in [5.74, 6) is -0.636. The lowest BCUT2D eigenvalue weighted by molar-refractivity contribution is -0.131. The molecule has 2 aromatic carbocycles. The Morgan fingerprint density at radius 3 is 2.79 bits per heavy atom. The molecule has 122 valence electrons. The van der Waals surface area contributed by atoms with Gasteiger partial charge in [0.05, 0.1) is 6.42 Å². The SMILES string of the molecule is O=C(Cc1cccc(F)c1)N1CCc2[nH]c3cc(F)ccc3c2C1. The van der Waals surface area contributed by atoms with Gasteiger partial charge in [0.15, 0.2) is 0 Å². The molecule has 0 bridgehead atoms. The topological polar surface area (TPSA) is 36.1 Å². The smallest absolute Gasteiger partial charge is 0.227 e. The van der Waals surface area contributed by atoms with Crippen LogP contribution in [-0.2, 0) is 24.2 Å². The number of hydrogen-bond acceptors (Lipinski definition) is 1. The third-order valence-electron chi connectivity index (χ3n) is 4.53. The molecule has 0 saturated carbocycles. The number of aromatic nitrogens is 1. The van der Waals surface area contributed by atoms with Gasteiger partial charge < -0.3 is 9.88 Å². The zero-order valence-corrected chi connectivity index (χ0v) is 13.0. The van der Waals surface area contributed by atoms with Crippen molar-refractivity contribution in [1.82, 2.24) is 9.88 Å². The van der Waals surface area contributed by atoms with Crippen LogP contribution >= 0.6 is 0 Å². The molecule has 0 spiro atoms. The number of carbonyl (C=O) groups excluding carboxylic acids is 1. The highest BCUT2D eigenvalue weighted by Gasteiger charge is 2.24. The van der Waals surface area contributed by atoms with Gasteiger partial charge in [-0.3, -0.25) is 4.79 Å². The number of fused-ring (bicyclic) bond motifs is 3. The molecule has 0 radical (unpaired) electrons. The van der Waals surface area contributed by atoms with Crippen molar-refractivity contribution in [2.45, 2.75) is 19.4 Å². The first-order valence-electron chi connectivity index (χ1n) is 7.91. The molecule has 24 heavy (non-hydrogen) atoms. The summed E-state index contributed by atoms with van der Waals surface area (Å²) in [5.41, 5.74) is 3.54. The van der Waals surface area contributed by atoms with Crippen molar-refractivity contribution < 1.29 is 13.6 Å². The van der Waals surface area contributed by atoms with Gasteiger partial charge in [-0.2, -0.15) is 0 Å². The monoisotopic (exact) mass is 326 g/mol. The van der Waals surface area contributed by atoms with E-state index in [9.17, 15) is 13.6 Å². The molecule has 1 aliphatic rings. The Kier molecular flexibility index (Phi) is 3.56. The van der Waals surface area contributed by atoms with Gasteiger partial charge in [-0.15, -0.1) is 0 Å². The molecule has 0 aliphatic carbocycles. The first kappa shape index (κ1) is 14.9. The van der Waals surface area contributed by atoms with Gasteiger partial charge in [0.1, 0.15) is 11.6 Å². The molecule has 2 heterocycles. The Hall–Kier alpha value is -2.69. The highest BCUT2D eigenvalue weighted by Crippen LogP contribution is 2.28. The molecule has 5 heteroatoms. The van der Waals surface area contributed by atoms with Gasteiger partial charge in [0.25, 0.3) is 0 Å². The lowest BCUT2D eigenvalue weighted by atomic mass is 10.0. The maximum atomic E-state index is 13.4. The van der Waals surface area contributed by atoms with Gasteiger partial charge in [0.2, 0.25) is 5.91 Å². The van der Waals surface area contributed by atoms with Gasteiger partial charge >= 0.3 is 0 Å². The summed E-state index contributed by atoms with van der Waals surface area (Å²) < 4.78 is 26.6. The second kappa shape index (κ2) is 5.74. The molecule has 4 rings (SSSR count). The van der Waals surface area contributed by atoms with Crippen LogP contribution < -0.4 is 0 Å². The number of rotatable bonds is 2. The van der Waals surface area contributed by atoms with Crippen molar-refractivity contribution in [3.63, 3.8) is 0 Å². The minimum absolute atomic E-state index is 0.0253. The van der Waals surface area contributed by atoms with Gasteiger partial charge in [0, 0.05) is 41.7 Å². The summed E-state index contributed by atoms with van der Waals surface area (Å²) in [7, 11) is 0. The van der Waals surface area contributed by atoms with Gasteiger partial charge in [-0.25, -0.2) is 8.78 Å². The van der Waals surface area contributed by atoms with Gasteiger partial charge in [-0.1, -0.05) is 12.1 Å². The van der Waals surface area contributed by atoms with Crippen molar-refractivity contribution in [1.29, 1.82) is 0 Å². The van der Waals surface area contributed by atoms with Crippen LogP contribution in [0.3, 0.4) is 0 Å². The van der Waals surface area contributed by atoms with Crippen LogP contribution in [0.15, 0.2) is 42.5 Å². The van der Waals surface area contributed by atoms with Crippen molar-refractivity contribution in [3.8, 4) is 0 Å². The van der Waals surface area contributed by atoms with Crippen LogP contribution in [0.2, 0.25) is 0 Å². The molecule has 3 aromatic rings. The molecule has 1 N–H and O–H groups in total. The second-order valence-corrected chi connectivity index (χ2v) is 6.14. The van der Waals surface area contributed by atoms with Crippen molar-refractivity contribution >= 4 is 16.8 Å². The molecular weight excluding hydrogens is 310 g/mol. The average molecular weight is 326 g/mol. The van der Waals surface area contributed by atoms with E-state index in [0.717, 1.165) is 22.2 Å². The number of nitrogens with zero attached hydrogens (tertiary/aromatic N) is 1. The molecule has 1 aromatic heterocycles. The Morgan fingerprint density at radius 1 is 1.12 bits per heavy atom. The summed E-state index contributed by atoms with van der Waals surface area (Å²) >= 11 is 0. The third kappa shape index (κ3) is 2.66. The summed E-state index contributed by atoms with van der Waals surface area (Å²) in [5, 5.41) is 0.953. The number of halogens is 2. The standard InChI is InChI=1S/C19H16F2N2O/c20-13-3-1-2-12(8-13)9-19(24)23-7-6-17-16(11-23)15-5-4-14(21)10-18(15)22-17/h1-5,8,10,22H,6-7,9,11H2. The largest absolute Gasteiger partial charge is 0.358 e. The van der Waals surface area contributed by atoms with Crippen LogP contribution in [0, 0.1) is 11.6 Å². The Bertz CT molecular complexity index is 932. The quantitative estimate of drug-likeness (QED) is 0.768.